The second kappa shape index (κ2) is 8.00. The molecule has 4 bridgehead atoms. The van der Waals surface area contributed by atoms with E-state index in [-0.39, 0.29) is 6.61 Å². The Morgan fingerprint density at radius 3 is 2.41 bits per heavy atom. The molecular weight excluding hydrogens is 408 g/mol. The van der Waals surface area contributed by atoms with Gasteiger partial charge < -0.3 is 20.5 Å². The molecule has 0 unspecified atom stereocenters. The molecule has 0 aromatic heterocycles. The van der Waals surface area contributed by atoms with Gasteiger partial charge in [-0.2, -0.15) is 0 Å². The van der Waals surface area contributed by atoms with Gasteiger partial charge in [0, 0.05) is 12.6 Å². The van der Waals surface area contributed by atoms with E-state index >= 15 is 0 Å². The van der Waals surface area contributed by atoms with Crippen LogP contribution in [0.4, 0.5) is 0 Å². The summed E-state index contributed by atoms with van der Waals surface area (Å²) in [6.07, 6.45) is 7.14. The van der Waals surface area contributed by atoms with E-state index in [1.54, 1.807) is 0 Å². The van der Waals surface area contributed by atoms with Crippen molar-refractivity contribution in [1.82, 2.24) is 5.32 Å². The lowest BCUT2D eigenvalue weighted by atomic mass is 9.54. The highest BCUT2D eigenvalue weighted by atomic mass is 79.9. The number of hydrogen-bond donors (Lipinski definition) is 2. The number of carbonyl (C=O) groups excluding carboxylic acids is 1. The Labute approximate surface area is 169 Å². The first kappa shape index (κ1) is 19.1. The van der Waals surface area contributed by atoms with Gasteiger partial charge in [0.2, 0.25) is 0 Å². The van der Waals surface area contributed by atoms with Gasteiger partial charge in [0.1, 0.15) is 0 Å². The number of rotatable bonds is 8. The Bertz CT molecular complexity index is 681. The van der Waals surface area contributed by atoms with Gasteiger partial charge in [-0.25, -0.2) is 0 Å². The van der Waals surface area contributed by atoms with Gasteiger partial charge in [-0.05, 0) is 96.3 Å². The maximum absolute atomic E-state index is 11.1. The van der Waals surface area contributed by atoms with Crippen molar-refractivity contribution in [2.45, 2.75) is 51.6 Å². The summed E-state index contributed by atoms with van der Waals surface area (Å²) in [5, 5.41) is 3.86. The molecule has 0 spiro atoms. The predicted molar refractivity (Wildman–Crippen MR) is 108 cm³/mol. The van der Waals surface area contributed by atoms with E-state index in [0.29, 0.717) is 24.1 Å². The Kier molecular flexibility index (Phi) is 5.65. The molecule has 0 heterocycles. The number of halogens is 1. The maximum atomic E-state index is 11.1. The van der Waals surface area contributed by atoms with E-state index in [9.17, 15) is 4.79 Å². The van der Waals surface area contributed by atoms with Crippen LogP contribution in [0.1, 0.15) is 44.6 Å². The molecule has 4 aliphatic carbocycles. The number of benzene rings is 1. The SMILES string of the molecule is CCOc1cc(CNC2C3CC4CC(C3)CC2C4)cc(Br)c1OCC(N)=O. The fraction of sp³-hybridized carbons (Fsp3) is 0.667. The van der Waals surface area contributed by atoms with Gasteiger partial charge in [-0.3, -0.25) is 4.79 Å². The summed E-state index contributed by atoms with van der Waals surface area (Å²) in [5.74, 6) is 4.38. The first-order chi connectivity index (χ1) is 13.0. The maximum Gasteiger partial charge on any atom is 0.255 e. The van der Waals surface area contributed by atoms with E-state index in [1.807, 2.05) is 19.1 Å². The molecule has 0 radical (unpaired) electrons. The number of hydrogen-bond acceptors (Lipinski definition) is 4. The molecule has 4 fully saturated rings. The monoisotopic (exact) mass is 436 g/mol. The number of nitrogens with two attached hydrogens (primary N) is 1. The Morgan fingerprint density at radius 1 is 1.15 bits per heavy atom. The van der Waals surface area contributed by atoms with Crippen LogP contribution in [0.3, 0.4) is 0 Å². The molecule has 27 heavy (non-hydrogen) atoms. The smallest absolute Gasteiger partial charge is 0.255 e. The highest BCUT2D eigenvalue weighted by Gasteiger charge is 2.47. The summed E-state index contributed by atoms with van der Waals surface area (Å²) in [6, 6.07) is 4.70. The highest BCUT2D eigenvalue weighted by molar-refractivity contribution is 9.10. The molecule has 4 saturated carbocycles. The Balaban J connectivity index is 1.45. The van der Waals surface area contributed by atoms with Crippen molar-refractivity contribution in [2.75, 3.05) is 13.2 Å². The molecule has 3 N–H and O–H groups in total. The minimum atomic E-state index is -0.503. The average molecular weight is 437 g/mol. The fourth-order valence-corrected chi connectivity index (χ4v) is 6.37. The van der Waals surface area contributed by atoms with E-state index in [0.717, 1.165) is 40.3 Å². The van der Waals surface area contributed by atoms with Crippen LogP contribution in [-0.2, 0) is 11.3 Å². The summed E-state index contributed by atoms with van der Waals surface area (Å²) in [7, 11) is 0. The summed E-state index contributed by atoms with van der Waals surface area (Å²) >= 11 is 3.56. The van der Waals surface area contributed by atoms with Gasteiger partial charge in [-0.15, -0.1) is 0 Å². The molecular formula is C21H29BrN2O3. The zero-order valence-electron chi connectivity index (χ0n) is 15.9. The third kappa shape index (κ3) is 4.11. The van der Waals surface area contributed by atoms with Crippen LogP contribution in [0.2, 0.25) is 0 Å². The molecule has 5 rings (SSSR count). The van der Waals surface area contributed by atoms with Gasteiger partial charge in [0.25, 0.3) is 5.91 Å². The van der Waals surface area contributed by atoms with Crippen LogP contribution in [0.5, 0.6) is 11.5 Å². The van der Waals surface area contributed by atoms with Crippen LogP contribution in [0, 0.1) is 23.7 Å². The molecule has 0 saturated heterocycles. The van der Waals surface area contributed by atoms with E-state index in [1.165, 1.54) is 32.1 Å². The lowest BCUT2D eigenvalue weighted by Crippen LogP contribution is -2.54. The first-order valence-corrected chi connectivity index (χ1v) is 10.9. The summed E-state index contributed by atoms with van der Waals surface area (Å²) in [5.41, 5.74) is 6.36. The van der Waals surface area contributed by atoms with Crippen LogP contribution in [0.15, 0.2) is 16.6 Å². The predicted octanol–water partition coefficient (Wildman–Crippen LogP) is 3.63. The van der Waals surface area contributed by atoms with Gasteiger partial charge >= 0.3 is 0 Å². The second-order valence-corrected chi connectivity index (χ2v) is 9.28. The normalized spacial score (nSPS) is 31.1. The van der Waals surface area contributed by atoms with Crippen LogP contribution in [0.25, 0.3) is 0 Å². The molecule has 0 atom stereocenters. The lowest BCUT2D eigenvalue weighted by Gasteiger charge is -2.54. The number of amides is 1. The van der Waals surface area contributed by atoms with Crippen molar-refractivity contribution in [2.24, 2.45) is 29.4 Å². The first-order valence-electron chi connectivity index (χ1n) is 10.1. The van der Waals surface area contributed by atoms with Crippen LogP contribution < -0.4 is 20.5 Å². The molecule has 1 aromatic rings. The number of nitrogens with one attached hydrogen (secondary N) is 1. The van der Waals surface area contributed by atoms with Gasteiger partial charge in [0.15, 0.2) is 18.1 Å². The van der Waals surface area contributed by atoms with E-state index < -0.39 is 5.91 Å². The van der Waals surface area contributed by atoms with Crippen molar-refractivity contribution in [3.63, 3.8) is 0 Å². The Morgan fingerprint density at radius 2 is 1.81 bits per heavy atom. The zero-order valence-corrected chi connectivity index (χ0v) is 17.5. The summed E-state index contributed by atoms with van der Waals surface area (Å²) in [6.45, 7) is 3.13. The number of carbonyl (C=O) groups is 1. The van der Waals surface area contributed by atoms with Crippen molar-refractivity contribution >= 4 is 21.8 Å². The molecule has 0 aliphatic heterocycles. The topological polar surface area (TPSA) is 73.6 Å². The third-order valence-corrected chi connectivity index (χ3v) is 7.09. The van der Waals surface area contributed by atoms with Crippen molar-refractivity contribution in [3.05, 3.63) is 22.2 Å². The van der Waals surface area contributed by atoms with Gasteiger partial charge in [0.05, 0.1) is 11.1 Å². The van der Waals surface area contributed by atoms with Crippen molar-refractivity contribution < 1.29 is 14.3 Å². The fourth-order valence-electron chi connectivity index (χ4n) is 5.76. The van der Waals surface area contributed by atoms with Crippen molar-refractivity contribution in [3.8, 4) is 11.5 Å². The molecule has 6 heteroatoms. The Hall–Kier alpha value is -1.27. The van der Waals surface area contributed by atoms with Crippen molar-refractivity contribution in [1.29, 1.82) is 0 Å². The molecule has 4 aliphatic rings. The molecule has 1 amide bonds. The quantitative estimate of drug-likeness (QED) is 0.652. The summed E-state index contributed by atoms with van der Waals surface area (Å²) < 4.78 is 12.1. The second-order valence-electron chi connectivity index (χ2n) is 8.43. The van der Waals surface area contributed by atoms with Gasteiger partial charge in [-0.1, -0.05) is 0 Å². The molecule has 148 valence electrons. The zero-order chi connectivity index (χ0) is 19.0. The average Bonchev–Trinajstić information content (AvgIpc) is 2.60. The lowest BCUT2D eigenvalue weighted by molar-refractivity contribution is -0.119. The van der Waals surface area contributed by atoms with Crippen LogP contribution in [-0.4, -0.2) is 25.2 Å². The number of ether oxygens (including phenoxy) is 2. The standard InChI is InChI=1S/C21H29BrN2O3/c1-2-26-18-9-14(8-17(22)21(18)27-11-19(23)25)10-24-20-15-4-12-3-13(6-15)7-16(20)5-12/h8-9,12-13,15-16,20,24H,2-7,10-11H2,1H3,(H2,23,25). The largest absolute Gasteiger partial charge is 0.490 e. The number of primary amides is 1. The summed E-state index contributed by atoms with van der Waals surface area (Å²) in [4.78, 5) is 11.1. The van der Waals surface area contributed by atoms with E-state index in [2.05, 4.69) is 21.2 Å². The molecule has 5 nitrogen and oxygen atoms in total. The minimum Gasteiger partial charge on any atom is -0.490 e. The third-order valence-electron chi connectivity index (χ3n) is 6.50. The highest BCUT2D eigenvalue weighted by Crippen LogP contribution is 2.53. The minimum absolute atomic E-state index is 0.163. The van der Waals surface area contributed by atoms with Crippen LogP contribution >= 0.6 is 15.9 Å². The van der Waals surface area contributed by atoms with E-state index in [4.69, 9.17) is 15.2 Å². The molecule has 1 aromatic carbocycles.